The molecule has 5 fully saturated rings. The lowest BCUT2D eigenvalue weighted by molar-refractivity contribution is -0.0123. The average molecular weight is 349 g/mol. The molecular formula is C21H36N2O2. The fraction of sp³-hybridized carbons (Fsp3) is 1.00. The van der Waals surface area contributed by atoms with E-state index >= 15 is 0 Å². The first-order valence-corrected chi connectivity index (χ1v) is 11.0. The van der Waals surface area contributed by atoms with Gasteiger partial charge in [-0.25, -0.2) is 0 Å². The van der Waals surface area contributed by atoms with Gasteiger partial charge in [0.1, 0.15) is 0 Å². The smallest absolute Gasteiger partial charge is 0.0622 e. The maximum atomic E-state index is 6.39. The molecule has 8 unspecified atom stereocenters. The monoisotopic (exact) mass is 348 g/mol. The van der Waals surface area contributed by atoms with Crippen molar-refractivity contribution >= 4 is 0 Å². The molecule has 0 saturated heterocycles. The van der Waals surface area contributed by atoms with Gasteiger partial charge < -0.3 is 20.5 Å². The van der Waals surface area contributed by atoms with Crippen molar-refractivity contribution < 1.29 is 9.47 Å². The van der Waals surface area contributed by atoms with E-state index in [0.717, 1.165) is 42.7 Å². The minimum absolute atomic E-state index is 0.332. The normalized spacial score (nSPS) is 50.0. The molecule has 25 heavy (non-hydrogen) atoms. The molecule has 4 bridgehead atoms. The molecular weight excluding hydrogens is 312 g/mol. The molecule has 0 aromatic heterocycles. The van der Waals surface area contributed by atoms with Gasteiger partial charge in [-0.05, 0) is 81.0 Å². The SMILES string of the molecule is NCCOC1CC2(NCCOC3CC4CC3C3CCCC43)CCC1C2. The van der Waals surface area contributed by atoms with E-state index in [0.29, 0.717) is 30.9 Å². The molecule has 5 rings (SSSR count). The number of ether oxygens (including phenoxy) is 2. The van der Waals surface area contributed by atoms with Crippen LogP contribution in [0.15, 0.2) is 0 Å². The van der Waals surface area contributed by atoms with Crippen LogP contribution < -0.4 is 11.1 Å². The lowest BCUT2D eigenvalue weighted by Crippen LogP contribution is -2.45. The van der Waals surface area contributed by atoms with Crippen LogP contribution in [0.4, 0.5) is 0 Å². The van der Waals surface area contributed by atoms with E-state index in [9.17, 15) is 0 Å². The van der Waals surface area contributed by atoms with E-state index in [1.54, 1.807) is 0 Å². The second-order valence-electron chi connectivity index (χ2n) is 9.68. The zero-order chi connectivity index (χ0) is 16.9. The summed E-state index contributed by atoms with van der Waals surface area (Å²) in [6.45, 7) is 3.26. The Balaban J connectivity index is 1.06. The summed E-state index contributed by atoms with van der Waals surface area (Å²) in [5.74, 6) is 4.74. The lowest BCUT2D eigenvalue weighted by atomic mass is 9.80. The van der Waals surface area contributed by atoms with Crippen LogP contribution in [0, 0.1) is 29.6 Å². The lowest BCUT2D eigenvalue weighted by Gasteiger charge is -2.33. The maximum absolute atomic E-state index is 6.39. The van der Waals surface area contributed by atoms with Gasteiger partial charge >= 0.3 is 0 Å². The summed E-state index contributed by atoms with van der Waals surface area (Å²) >= 11 is 0. The van der Waals surface area contributed by atoms with E-state index < -0.39 is 0 Å². The summed E-state index contributed by atoms with van der Waals surface area (Å²) in [5, 5.41) is 3.87. The zero-order valence-electron chi connectivity index (χ0n) is 15.6. The van der Waals surface area contributed by atoms with E-state index in [1.807, 2.05) is 0 Å². The third-order valence-corrected chi connectivity index (χ3v) is 8.52. The maximum Gasteiger partial charge on any atom is 0.0622 e. The zero-order valence-corrected chi connectivity index (χ0v) is 15.6. The third-order valence-electron chi connectivity index (χ3n) is 8.52. The molecule has 0 radical (unpaired) electrons. The number of fused-ring (bicyclic) bond motifs is 7. The van der Waals surface area contributed by atoms with E-state index in [1.165, 1.54) is 57.8 Å². The number of hydrogen-bond acceptors (Lipinski definition) is 4. The highest BCUT2D eigenvalue weighted by atomic mass is 16.5. The van der Waals surface area contributed by atoms with Gasteiger partial charge in [0.05, 0.1) is 25.4 Å². The molecule has 0 amide bonds. The van der Waals surface area contributed by atoms with Crippen LogP contribution in [0.2, 0.25) is 0 Å². The highest BCUT2D eigenvalue weighted by molar-refractivity contribution is 5.07. The summed E-state index contributed by atoms with van der Waals surface area (Å²) < 4.78 is 12.4. The first kappa shape index (κ1) is 17.0. The molecule has 5 aliphatic rings. The molecule has 0 aliphatic heterocycles. The topological polar surface area (TPSA) is 56.5 Å². The van der Waals surface area contributed by atoms with Crippen molar-refractivity contribution in [2.75, 3.05) is 26.3 Å². The van der Waals surface area contributed by atoms with Crippen LogP contribution in [0.5, 0.6) is 0 Å². The summed E-state index contributed by atoms with van der Waals surface area (Å²) in [5.41, 5.74) is 5.93. The number of rotatable bonds is 8. The van der Waals surface area contributed by atoms with Crippen molar-refractivity contribution in [1.29, 1.82) is 0 Å². The van der Waals surface area contributed by atoms with Gasteiger partial charge in [0.15, 0.2) is 0 Å². The predicted molar refractivity (Wildman–Crippen MR) is 98.3 cm³/mol. The van der Waals surface area contributed by atoms with E-state index in [4.69, 9.17) is 15.2 Å². The highest BCUT2D eigenvalue weighted by Gasteiger charge is 2.54. The molecule has 4 nitrogen and oxygen atoms in total. The van der Waals surface area contributed by atoms with Crippen LogP contribution in [0.1, 0.15) is 57.8 Å². The predicted octanol–water partition coefficient (Wildman–Crippen LogP) is 2.70. The Hall–Kier alpha value is -0.160. The Morgan fingerprint density at radius 3 is 2.68 bits per heavy atom. The van der Waals surface area contributed by atoms with E-state index in [-0.39, 0.29) is 0 Å². The standard InChI is InChI=1S/C21H36N2O2/c22-6-8-24-20-13-21(5-4-14(20)12-21)23-7-9-25-19-11-15-10-18(19)17-3-1-2-16(15)17/h14-20,23H,1-13,22H2. The Morgan fingerprint density at radius 2 is 1.76 bits per heavy atom. The third kappa shape index (κ3) is 2.97. The molecule has 0 heterocycles. The minimum Gasteiger partial charge on any atom is -0.377 e. The molecule has 5 aliphatic carbocycles. The number of nitrogens with one attached hydrogen (secondary N) is 1. The fourth-order valence-corrected chi connectivity index (χ4v) is 7.59. The average Bonchev–Trinajstić information content (AvgIpc) is 3.40. The summed E-state index contributed by atoms with van der Waals surface area (Å²) in [4.78, 5) is 0. The summed E-state index contributed by atoms with van der Waals surface area (Å²) in [6, 6.07) is 0. The summed E-state index contributed by atoms with van der Waals surface area (Å²) in [6.07, 6.45) is 13.4. The van der Waals surface area contributed by atoms with Gasteiger partial charge in [0.2, 0.25) is 0 Å². The Kier molecular flexibility index (Phi) is 4.60. The van der Waals surface area contributed by atoms with Crippen molar-refractivity contribution in [3.63, 3.8) is 0 Å². The van der Waals surface area contributed by atoms with Crippen LogP contribution in [-0.2, 0) is 9.47 Å². The largest absolute Gasteiger partial charge is 0.377 e. The van der Waals surface area contributed by atoms with Crippen LogP contribution in [0.3, 0.4) is 0 Å². The molecule has 3 N–H and O–H groups in total. The molecule has 5 saturated carbocycles. The minimum atomic E-state index is 0.332. The van der Waals surface area contributed by atoms with Crippen LogP contribution in [-0.4, -0.2) is 44.1 Å². The Morgan fingerprint density at radius 1 is 0.880 bits per heavy atom. The quantitative estimate of drug-likeness (QED) is 0.662. The fourth-order valence-electron chi connectivity index (χ4n) is 7.59. The molecule has 0 aromatic rings. The number of nitrogens with two attached hydrogens (primary N) is 1. The van der Waals surface area contributed by atoms with Crippen LogP contribution in [0.25, 0.3) is 0 Å². The molecule has 0 aromatic carbocycles. The first-order valence-electron chi connectivity index (χ1n) is 11.0. The van der Waals surface area contributed by atoms with Gasteiger partial charge in [-0.1, -0.05) is 6.42 Å². The van der Waals surface area contributed by atoms with Crippen molar-refractivity contribution in [3.8, 4) is 0 Å². The molecule has 8 atom stereocenters. The second kappa shape index (κ2) is 6.78. The van der Waals surface area contributed by atoms with Crippen molar-refractivity contribution in [3.05, 3.63) is 0 Å². The van der Waals surface area contributed by atoms with Gasteiger partial charge in [0, 0.05) is 18.6 Å². The number of hydrogen-bond donors (Lipinski definition) is 2. The van der Waals surface area contributed by atoms with Gasteiger partial charge in [-0.3, -0.25) is 0 Å². The van der Waals surface area contributed by atoms with Crippen molar-refractivity contribution in [2.45, 2.75) is 75.5 Å². The Labute approximate surface area is 152 Å². The molecule has 142 valence electrons. The first-order chi connectivity index (χ1) is 12.3. The van der Waals surface area contributed by atoms with Crippen molar-refractivity contribution in [2.24, 2.45) is 35.3 Å². The van der Waals surface area contributed by atoms with Gasteiger partial charge in [-0.2, -0.15) is 0 Å². The van der Waals surface area contributed by atoms with Crippen molar-refractivity contribution in [1.82, 2.24) is 5.32 Å². The van der Waals surface area contributed by atoms with Crippen LogP contribution >= 0.6 is 0 Å². The Bertz CT molecular complexity index is 487. The summed E-state index contributed by atoms with van der Waals surface area (Å²) in [7, 11) is 0. The van der Waals surface area contributed by atoms with Gasteiger partial charge in [-0.15, -0.1) is 0 Å². The van der Waals surface area contributed by atoms with Gasteiger partial charge in [0.25, 0.3) is 0 Å². The molecule has 0 spiro atoms. The van der Waals surface area contributed by atoms with E-state index in [2.05, 4.69) is 5.32 Å². The second-order valence-corrected chi connectivity index (χ2v) is 9.68. The molecule has 4 heteroatoms. The highest BCUT2D eigenvalue weighted by Crippen LogP contribution is 2.59.